The minimum absolute atomic E-state index is 0.0665. The van der Waals surface area contributed by atoms with E-state index in [0.29, 0.717) is 5.56 Å². The molecule has 0 atom stereocenters. The van der Waals surface area contributed by atoms with E-state index in [1.165, 1.54) is 18.2 Å². The molecule has 1 heterocycles. The first kappa shape index (κ1) is 14.6. The van der Waals surface area contributed by atoms with Crippen LogP contribution in [-0.2, 0) is 6.54 Å². The quantitative estimate of drug-likeness (QED) is 0.630. The maximum absolute atomic E-state index is 13.0. The maximum atomic E-state index is 13.0. The Balaban J connectivity index is 2.17. The van der Waals surface area contributed by atoms with Crippen LogP contribution in [-0.4, -0.2) is 27.0 Å². The Hall–Kier alpha value is -1.77. The molecule has 4 nitrogen and oxygen atoms in total. The third-order valence-corrected chi connectivity index (χ3v) is 2.97. The molecule has 2 aromatic rings. The number of nitrogens with zero attached hydrogens (tertiary/aromatic N) is 3. The topological polar surface area (TPSA) is 47.8 Å². The van der Waals surface area contributed by atoms with Gasteiger partial charge in [-0.3, -0.25) is 4.79 Å². The zero-order chi connectivity index (χ0) is 14.9. The first-order chi connectivity index (χ1) is 9.27. The second kappa shape index (κ2) is 5.31. The van der Waals surface area contributed by atoms with Gasteiger partial charge >= 0.3 is 6.18 Å². The number of rotatable bonds is 3. The highest BCUT2D eigenvalue weighted by Gasteiger charge is 2.41. The second-order valence-electron chi connectivity index (χ2n) is 3.88. The van der Waals surface area contributed by atoms with Crippen molar-refractivity contribution >= 4 is 21.7 Å². The SMILES string of the molecule is O=C(c1cn(Cc2ccc(F)c(Br)c2)nn1)C(F)(F)F. The lowest BCUT2D eigenvalue weighted by molar-refractivity contribution is -0.0888. The van der Waals surface area contributed by atoms with E-state index in [1.54, 1.807) is 0 Å². The summed E-state index contributed by atoms with van der Waals surface area (Å²) in [6, 6.07) is 4.12. The number of carbonyl (C=O) groups is 1. The van der Waals surface area contributed by atoms with Gasteiger partial charge < -0.3 is 0 Å². The van der Waals surface area contributed by atoms with E-state index in [1.807, 2.05) is 0 Å². The Morgan fingerprint density at radius 1 is 1.35 bits per heavy atom. The summed E-state index contributed by atoms with van der Waals surface area (Å²) in [5, 5.41) is 6.61. The van der Waals surface area contributed by atoms with Gasteiger partial charge in [-0.1, -0.05) is 11.3 Å². The van der Waals surface area contributed by atoms with Gasteiger partial charge in [0.25, 0.3) is 5.78 Å². The Labute approximate surface area is 118 Å². The van der Waals surface area contributed by atoms with Crippen LogP contribution in [0.5, 0.6) is 0 Å². The van der Waals surface area contributed by atoms with E-state index >= 15 is 0 Å². The average molecular weight is 352 g/mol. The van der Waals surface area contributed by atoms with Gasteiger partial charge in [0.2, 0.25) is 0 Å². The number of hydrogen-bond acceptors (Lipinski definition) is 3. The molecule has 0 aliphatic carbocycles. The molecule has 0 saturated heterocycles. The molecule has 0 N–H and O–H groups in total. The summed E-state index contributed by atoms with van der Waals surface area (Å²) in [6.45, 7) is 0.0665. The summed E-state index contributed by atoms with van der Waals surface area (Å²) >= 11 is 2.99. The molecule has 0 saturated carbocycles. The number of benzene rings is 1. The molecule has 0 spiro atoms. The van der Waals surface area contributed by atoms with Gasteiger partial charge in [0.15, 0.2) is 5.69 Å². The number of aromatic nitrogens is 3. The van der Waals surface area contributed by atoms with Crippen molar-refractivity contribution in [1.82, 2.24) is 15.0 Å². The van der Waals surface area contributed by atoms with E-state index in [4.69, 9.17) is 0 Å². The van der Waals surface area contributed by atoms with E-state index in [9.17, 15) is 22.4 Å². The standard InChI is InChI=1S/C11H6BrF4N3O/c12-7-3-6(1-2-8(7)13)4-19-5-9(17-18-19)10(20)11(14,15)16/h1-3,5H,4H2. The summed E-state index contributed by atoms with van der Waals surface area (Å²) in [6.07, 6.45) is -4.09. The third kappa shape index (κ3) is 3.21. The number of Topliss-reactive ketones (excluding diaryl/α,β-unsaturated/α-hetero) is 1. The number of carbonyl (C=O) groups excluding carboxylic acids is 1. The van der Waals surface area contributed by atoms with E-state index in [2.05, 4.69) is 26.2 Å². The van der Waals surface area contributed by atoms with E-state index < -0.39 is 23.5 Å². The van der Waals surface area contributed by atoms with Crippen LogP contribution in [0.3, 0.4) is 0 Å². The highest BCUT2D eigenvalue weighted by atomic mass is 79.9. The maximum Gasteiger partial charge on any atom is 0.456 e. The van der Waals surface area contributed by atoms with Gasteiger partial charge in [0.1, 0.15) is 5.82 Å². The lowest BCUT2D eigenvalue weighted by Gasteiger charge is -2.02. The molecular formula is C11H6BrF4N3O. The molecule has 2 rings (SSSR count). The second-order valence-corrected chi connectivity index (χ2v) is 4.73. The van der Waals surface area contributed by atoms with Crippen molar-refractivity contribution in [1.29, 1.82) is 0 Å². The predicted molar refractivity (Wildman–Crippen MR) is 63.6 cm³/mol. The number of halogens is 5. The molecule has 1 aromatic heterocycles. The Morgan fingerprint density at radius 3 is 2.65 bits per heavy atom. The average Bonchev–Trinajstić information content (AvgIpc) is 2.80. The fraction of sp³-hybridized carbons (Fsp3) is 0.182. The highest BCUT2D eigenvalue weighted by molar-refractivity contribution is 9.10. The first-order valence-electron chi connectivity index (χ1n) is 5.23. The number of ketones is 1. The van der Waals surface area contributed by atoms with Gasteiger partial charge in [0.05, 0.1) is 17.2 Å². The van der Waals surface area contributed by atoms with Crippen LogP contribution in [0, 0.1) is 5.82 Å². The monoisotopic (exact) mass is 351 g/mol. The number of alkyl halides is 3. The van der Waals surface area contributed by atoms with Crippen LogP contribution in [0.15, 0.2) is 28.9 Å². The summed E-state index contributed by atoms with van der Waals surface area (Å²) in [7, 11) is 0. The number of hydrogen-bond donors (Lipinski definition) is 0. The largest absolute Gasteiger partial charge is 0.456 e. The highest BCUT2D eigenvalue weighted by Crippen LogP contribution is 2.20. The van der Waals surface area contributed by atoms with Crippen molar-refractivity contribution in [2.45, 2.75) is 12.7 Å². The fourth-order valence-electron chi connectivity index (χ4n) is 1.45. The normalized spacial score (nSPS) is 11.7. The molecule has 0 fully saturated rings. The molecule has 0 aliphatic rings. The van der Waals surface area contributed by atoms with Gasteiger partial charge in [-0.15, -0.1) is 5.10 Å². The fourth-order valence-corrected chi connectivity index (χ4v) is 1.88. The van der Waals surface area contributed by atoms with Crippen molar-refractivity contribution in [3.8, 4) is 0 Å². The Morgan fingerprint density at radius 2 is 2.05 bits per heavy atom. The molecule has 106 valence electrons. The third-order valence-electron chi connectivity index (χ3n) is 2.36. The van der Waals surface area contributed by atoms with E-state index in [-0.39, 0.29) is 11.0 Å². The van der Waals surface area contributed by atoms with Crippen molar-refractivity contribution < 1.29 is 22.4 Å². The van der Waals surface area contributed by atoms with Crippen LogP contribution < -0.4 is 0 Å². The predicted octanol–water partition coefficient (Wildman–Crippen LogP) is 2.97. The van der Waals surface area contributed by atoms with Gasteiger partial charge in [-0.2, -0.15) is 13.2 Å². The smallest absolute Gasteiger partial charge is 0.282 e. The van der Waals surface area contributed by atoms with Gasteiger partial charge in [-0.25, -0.2) is 9.07 Å². The summed E-state index contributed by atoms with van der Waals surface area (Å²) < 4.78 is 50.9. The molecule has 20 heavy (non-hydrogen) atoms. The zero-order valence-corrected chi connectivity index (χ0v) is 11.2. The molecular weight excluding hydrogens is 346 g/mol. The van der Waals surface area contributed by atoms with Crippen LogP contribution in [0.4, 0.5) is 17.6 Å². The van der Waals surface area contributed by atoms with Crippen molar-refractivity contribution in [2.75, 3.05) is 0 Å². The Kier molecular flexibility index (Phi) is 3.89. The lowest BCUT2D eigenvalue weighted by atomic mass is 10.2. The van der Waals surface area contributed by atoms with Crippen LogP contribution in [0.1, 0.15) is 16.1 Å². The van der Waals surface area contributed by atoms with Crippen molar-refractivity contribution in [3.05, 3.63) is 45.9 Å². The molecule has 0 bridgehead atoms. The summed E-state index contributed by atoms with van der Waals surface area (Å²) in [4.78, 5) is 10.9. The Bertz CT molecular complexity index is 653. The van der Waals surface area contributed by atoms with Crippen molar-refractivity contribution in [2.24, 2.45) is 0 Å². The molecule has 0 amide bonds. The molecule has 0 aliphatic heterocycles. The first-order valence-corrected chi connectivity index (χ1v) is 6.02. The molecule has 0 radical (unpaired) electrons. The van der Waals surface area contributed by atoms with Crippen LogP contribution >= 0.6 is 15.9 Å². The molecule has 9 heteroatoms. The van der Waals surface area contributed by atoms with Gasteiger partial charge in [-0.05, 0) is 33.6 Å². The molecule has 1 aromatic carbocycles. The van der Waals surface area contributed by atoms with E-state index in [0.717, 1.165) is 10.9 Å². The van der Waals surface area contributed by atoms with Crippen molar-refractivity contribution in [3.63, 3.8) is 0 Å². The summed E-state index contributed by atoms with van der Waals surface area (Å²) in [5.74, 6) is -2.51. The molecule has 0 unspecified atom stereocenters. The van der Waals surface area contributed by atoms with Gasteiger partial charge in [0, 0.05) is 0 Å². The van der Waals surface area contributed by atoms with Crippen LogP contribution in [0.25, 0.3) is 0 Å². The minimum atomic E-state index is -4.99. The lowest BCUT2D eigenvalue weighted by Crippen LogP contribution is -2.23. The zero-order valence-electron chi connectivity index (χ0n) is 9.66. The minimum Gasteiger partial charge on any atom is -0.282 e. The summed E-state index contributed by atoms with van der Waals surface area (Å²) in [5.41, 5.74) is -0.187. The van der Waals surface area contributed by atoms with Crippen LogP contribution in [0.2, 0.25) is 0 Å².